The molecule has 3 rings (SSSR count). The molecule has 6 nitrogen and oxygen atoms in total. The molecule has 0 bridgehead atoms. The minimum Gasteiger partial charge on any atom is -0.449 e. The molecule has 2 aromatic carbocycles. The summed E-state index contributed by atoms with van der Waals surface area (Å²) in [6.45, 7) is 5.69. The van der Waals surface area contributed by atoms with Gasteiger partial charge in [0.05, 0.1) is 11.1 Å². The van der Waals surface area contributed by atoms with Gasteiger partial charge < -0.3 is 9.47 Å². The molecule has 1 atom stereocenters. The van der Waals surface area contributed by atoms with E-state index in [0.29, 0.717) is 29.8 Å². The quantitative estimate of drug-likeness (QED) is 0.101. The van der Waals surface area contributed by atoms with E-state index >= 15 is 0 Å². The van der Waals surface area contributed by atoms with Crippen LogP contribution in [-0.2, 0) is 11.2 Å². The number of aromatic nitrogens is 2. The van der Waals surface area contributed by atoms with Gasteiger partial charge in [-0.15, -0.1) is 0 Å². The van der Waals surface area contributed by atoms with Crippen molar-refractivity contribution >= 4 is 11.9 Å². The molecule has 3 aromatic rings. The number of rotatable bonds is 15. The number of hydrogen-bond donors (Lipinski definition) is 0. The monoisotopic (exact) mass is 584 g/mol. The molecule has 0 aliphatic rings. The first-order valence-electron chi connectivity index (χ1n) is 14.6. The topological polar surface area (TPSA) is 78.4 Å². The van der Waals surface area contributed by atoms with Gasteiger partial charge in [0.2, 0.25) is 0 Å². The van der Waals surface area contributed by atoms with Gasteiger partial charge in [0.15, 0.2) is 11.9 Å². The van der Waals surface area contributed by atoms with Crippen molar-refractivity contribution in [3.8, 4) is 17.1 Å². The average Bonchev–Trinajstić information content (AvgIpc) is 2.97. The van der Waals surface area contributed by atoms with E-state index < -0.39 is 24.2 Å². The fraction of sp³-hybridized carbons (Fsp3) is 0.455. The highest BCUT2D eigenvalue weighted by atomic mass is 19.4. The van der Waals surface area contributed by atoms with Gasteiger partial charge in [-0.2, -0.15) is 13.2 Å². The van der Waals surface area contributed by atoms with Gasteiger partial charge in [-0.05, 0) is 74.1 Å². The minimum atomic E-state index is -4.65. The van der Waals surface area contributed by atoms with E-state index in [1.54, 1.807) is 31.2 Å². The first-order chi connectivity index (χ1) is 20.1. The van der Waals surface area contributed by atoms with E-state index in [-0.39, 0.29) is 17.7 Å². The summed E-state index contributed by atoms with van der Waals surface area (Å²) in [4.78, 5) is 34.2. The number of nitrogens with zero attached hydrogens (tertiary/aromatic N) is 2. The largest absolute Gasteiger partial charge is 0.449 e. The molecule has 226 valence electrons. The van der Waals surface area contributed by atoms with Crippen LogP contribution in [0.5, 0.6) is 5.75 Å². The third-order valence-corrected chi connectivity index (χ3v) is 6.97. The second-order valence-corrected chi connectivity index (χ2v) is 10.5. The molecular formula is C33H39F3N2O4. The van der Waals surface area contributed by atoms with Crippen molar-refractivity contribution in [1.29, 1.82) is 0 Å². The van der Waals surface area contributed by atoms with Crippen LogP contribution < -0.4 is 4.74 Å². The van der Waals surface area contributed by atoms with E-state index in [9.17, 15) is 22.8 Å². The van der Waals surface area contributed by atoms with Crippen LogP contribution in [-0.4, -0.2) is 34.2 Å². The van der Waals surface area contributed by atoms with Gasteiger partial charge in [0.25, 0.3) is 0 Å². The first kappa shape index (κ1) is 32.8. The van der Waals surface area contributed by atoms with Gasteiger partial charge >= 0.3 is 18.1 Å². The molecule has 0 radical (unpaired) electrons. The number of unbranched alkanes of at least 4 members (excludes halogenated alkanes) is 6. The number of carbonyl (C=O) groups excluding carboxylic acids is 2. The summed E-state index contributed by atoms with van der Waals surface area (Å²) in [6, 6.07) is 10.8. The molecule has 0 amide bonds. The average molecular weight is 585 g/mol. The van der Waals surface area contributed by atoms with Gasteiger partial charge in [-0.1, -0.05) is 64.5 Å². The molecule has 0 aliphatic heterocycles. The highest BCUT2D eigenvalue weighted by Crippen LogP contribution is 2.29. The van der Waals surface area contributed by atoms with Crippen LogP contribution in [0.1, 0.15) is 103 Å². The molecule has 42 heavy (non-hydrogen) atoms. The molecule has 0 aliphatic carbocycles. The molecular weight excluding hydrogens is 545 g/mol. The van der Waals surface area contributed by atoms with Crippen molar-refractivity contribution in [2.45, 2.75) is 97.3 Å². The summed E-state index contributed by atoms with van der Waals surface area (Å²) in [7, 11) is 0. The lowest BCUT2D eigenvalue weighted by Crippen LogP contribution is -2.34. The van der Waals surface area contributed by atoms with Crippen molar-refractivity contribution in [2.75, 3.05) is 0 Å². The zero-order valence-corrected chi connectivity index (χ0v) is 24.5. The van der Waals surface area contributed by atoms with Gasteiger partial charge in [-0.3, -0.25) is 0 Å². The Bertz CT molecular complexity index is 1290. The predicted octanol–water partition coefficient (Wildman–Crippen LogP) is 8.85. The van der Waals surface area contributed by atoms with E-state index in [1.807, 2.05) is 19.3 Å². The maximum Gasteiger partial charge on any atom is 0.425 e. The number of halogens is 3. The maximum absolute atomic E-state index is 13.4. The standard InChI is InChI=1S/C33H39F3N2O4/c1-4-6-8-10-12-24-21-37-30(38-22-24)25-14-16-26(17-15-25)31(39)41-27-18-19-28(23(3)20-27)32(40)42-29(33(34,35)36)13-11-9-7-5-2/h14-22,29H,4-13H2,1-3H3/t29-/m1/s1. The third kappa shape index (κ3) is 9.96. The smallest absolute Gasteiger partial charge is 0.425 e. The Balaban J connectivity index is 1.59. The third-order valence-electron chi connectivity index (χ3n) is 6.97. The molecule has 9 heteroatoms. The Morgan fingerprint density at radius 2 is 1.48 bits per heavy atom. The van der Waals surface area contributed by atoms with Crippen LogP contribution in [0.3, 0.4) is 0 Å². The molecule has 0 fully saturated rings. The van der Waals surface area contributed by atoms with Crippen LogP contribution in [0.2, 0.25) is 0 Å². The summed E-state index contributed by atoms with van der Waals surface area (Å²) in [5.41, 5.74) is 2.45. The lowest BCUT2D eigenvalue weighted by molar-refractivity contribution is -0.206. The SMILES string of the molecule is CCCCCCc1cnc(-c2ccc(C(=O)Oc3ccc(C(=O)O[C@H](CCCCCC)C(F)(F)F)c(C)c3)cc2)nc1. The van der Waals surface area contributed by atoms with Crippen LogP contribution in [0.25, 0.3) is 11.4 Å². The fourth-order valence-corrected chi connectivity index (χ4v) is 4.48. The van der Waals surface area contributed by atoms with Crippen LogP contribution in [0, 0.1) is 6.92 Å². The summed E-state index contributed by atoms with van der Waals surface area (Å²) in [6.07, 6.45) is 4.89. The summed E-state index contributed by atoms with van der Waals surface area (Å²) in [5, 5.41) is 0. The molecule has 0 saturated heterocycles. The van der Waals surface area contributed by atoms with Crippen molar-refractivity contribution in [3.05, 3.63) is 77.1 Å². The number of benzene rings is 2. The number of aryl methyl sites for hydroxylation is 2. The number of hydrogen-bond acceptors (Lipinski definition) is 6. The first-order valence-corrected chi connectivity index (χ1v) is 14.6. The van der Waals surface area contributed by atoms with Crippen LogP contribution >= 0.6 is 0 Å². The lowest BCUT2D eigenvalue weighted by atomic mass is 10.1. The van der Waals surface area contributed by atoms with Crippen molar-refractivity contribution in [1.82, 2.24) is 9.97 Å². The zero-order valence-electron chi connectivity index (χ0n) is 24.5. The molecule has 0 unspecified atom stereocenters. The molecule has 1 aromatic heterocycles. The van der Waals surface area contributed by atoms with E-state index in [4.69, 9.17) is 9.47 Å². The predicted molar refractivity (Wildman–Crippen MR) is 155 cm³/mol. The van der Waals surface area contributed by atoms with Gasteiger partial charge in [-0.25, -0.2) is 19.6 Å². The highest BCUT2D eigenvalue weighted by molar-refractivity contribution is 5.93. The van der Waals surface area contributed by atoms with Crippen LogP contribution in [0.15, 0.2) is 54.9 Å². The normalized spacial score (nSPS) is 12.1. The van der Waals surface area contributed by atoms with Gasteiger partial charge in [0, 0.05) is 18.0 Å². The van der Waals surface area contributed by atoms with Crippen molar-refractivity contribution < 1.29 is 32.2 Å². The Kier molecular flexibility index (Phi) is 12.5. The Labute approximate surface area is 245 Å². The molecule has 0 N–H and O–H groups in total. The highest BCUT2D eigenvalue weighted by Gasteiger charge is 2.42. The number of esters is 2. The fourth-order valence-electron chi connectivity index (χ4n) is 4.48. The van der Waals surface area contributed by atoms with Crippen molar-refractivity contribution in [3.63, 3.8) is 0 Å². The van der Waals surface area contributed by atoms with E-state index in [1.165, 1.54) is 37.5 Å². The number of alkyl halides is 3. The molecule has 0 spiro atoms. The molecule has 1 heterocycles. The maximum atomic E-state index is 13.4. The summed E-state index contributed by atoms with van der Waals surface area (Å²) < 4.78 is 50.6. The number of carbonyl (C=O) groups is 2. The lowest BCUT2D eigenvalue weighted by Gasteiger charge is -2.21. The van der Waals surface area contributed by atoms with Gasteiger partial charge in [0.1, 0.15) is 5.75 Å². The second kappa shape index (κ2) is 16.0. The second-order valence-electron chi connectivity index (χ2n) is 10.5. The summed E-state index contributed by atoms with van der Waals surface area (Å²) >= 11 is 0. The van der Waals surface area contributed by atoms with E-state index in [0.717, 1.165) is 36.8 Å². The van der Waals surface area contributed by atoms with Crippen molar-refractivity contribution in [2.24, 2.45) is 0 Å². The zero-order chi connectivity index (χ0) is 30.5. The Morgan fingerprint density at radius 3 is 2.07 bits per heavy atom. The Hall–Kier alpha value is -3.75. The van der Waals surface area contributed by atoms with Crippen LogP contribution in [0.4, 0.5) is 13.2 Å². The minimum absolute atomic E-state index is 0.0195. The molecule has 0 saturated carbocycles. The number of ether oxygens (including phenoxy) is 2. The Morgan fingerprint density at radius 1 is 0.833 bits per heavy atom. The van der Waals surface area contributed by atoms with E-state index in [2.05, 4.69) is 16.9 Å². The summed E-state index contributed by atoms with van der Waals surface area (Å²) in [5.74, 6) is -0.976.